The van der Waals surface area contributed by atoms with Crippen molar-refractivity contribution >= 4 is 40.8 Å². The molecule has 4 rings (SSSR count). The Bertz CT molecular complexity index is 1380. The normalized spacial score (nSPS) is 18.5. The molecular formula is C26H22Cl2N4O5. The highest BCUT2D eigenvalue weighted by Crippen LogP contribution is 2.45. The van der Waals surface area contributed by atoms with Gasteiger partial charge in [0, 0.05) is 51.2 Å². The number of carboxylic acid groups (broad SMARTS) is 1. The fourth-order valence-electron chi connectivity index (χ4n) is 4.06. The Labute approximate surface area is 222 Å². The van der Waals surface area contributed by atoms with Gasteiger partial charge >= 0.3 is 5.97 Å². The van der Waals surface area contributed by atoms with Gasteiger partial charge in [0.1, 0.15) is 5.75 Å². The van der Waals surface area contributed by atoms with Crippen molar-refractivity contribution in [3.05, 3.63) is 104 Å². The molecule has 1 aliphatic rings. The van der Waals surface area contributed by atoms with Crippen LogP contribution < -0.4 is 4.74 Å². The first-order valence-corrected chi connectivity index (χ1v) is 12.1. The molecule has 0 aromatic heterocycles. The van der Waals surface area contributed by atoms with Crippen LogP contribution in [0.2, 0.25) is 10.0 Å². The van der Waals surface area contributed by atoms with Crippen molar-refractivity contribution in [1.29, 1.82) is 0 Å². The Balaban J connectivity index is 1.80. The molecule has 0 saturated carbocycles. The van der Waals surface area contributed by atoms with Gasteiger partial charge in [-0.3, -0.25) is 0 Å². The third-order valence-corrected chi connectivity index (χ3v) is 6.42. The van der Waals surface area contributed by atoms with Crippen LogP contribution in [0.15, 0.2) is 76.8 Å². The molecule has 0 saturated heterocycles. The maximum Gasteiger partial charge on any atom is 0.336 e. The highest BCUT2D eigenvalue weighted by Gasteiger charge is 2.54. The maximum atomic E-state index is 12.9. The van der Waals surface area contributed by atoms with E-state index in [1.54, 1.807) is 60.7 Å². The molecule has 2 atom stereocenters. The van der Waals surface area contributed by atoms with Crippen LogP contribution in [0.1, 0.15) is 29.2 Å². The van der Waals surface area contributed by atoms with E-state index < -0.39 is 17.6 Å². The van der Waals surface area contributed by atoms with Gasteiger partial charge in [-0.05, 0) is 47.5 Å². The zero-order valence-corrected chi connectivity index (χ0v) is 20.9. The Morgan fingerprint density at radius 1 is 1.16 bits per heavy atom. The van der Waals surface area contributed by atoms with Crippen molar-refractivity contribution in [2.75, 3.05) is 13.2 Å². The van der Waals surface area contributed by atoms with Crippen LogP contribution in [0.25, 0.3) is 10.4 Å². The van der Waals surface area contributed by atoms with Crippen LogP contribution in [-0.4, -0.2) is 40.8 Å². The molecule has 0 bridgehead atoms. The fourth-order valence-corrected chi connectivity index (χ4v) is 4.56. The second-order valence-electron chi connectivity index (χ2n) is 8.26. The number of halogens is 2. The minimum atomic E-state index is -1.83. The molecule has 2 N–H and O–H groups in total. The molecular weight excluding hydrogens is 519 g/mol. The monoisotopic (exact) mass is 540 g/mol. The third kappa shape index (κ3) is 5.65. The van der Waals surface area contributed by atoms with Crippen molar-refractivity contribution in [3.8, 4) is 5.75 Å². The van der Waals surface area contributed by atoms with E-state index in [1.807, 2.05) is 0 Å². The second kappa shape index (κ2) is 11.5. The van der Waals surface area contributed by atoms with Crippen LogP contribution in [0.5, 0.6) is 5.75 Å². The van der Waals surface area contributed by atoms with Crippen LogP contribution in [0, 0.1) is 0 Å². The molecule has 9 nitrogen and oxygen atoms in total. The number of nitrogens with zero attached hydrogens (tertiary/aromatic N) is 4. The first kappa shape index (κ1) is 26.3. The van der Waals surface area contributed by atoms with E-state index in [-0.39, 0.29) is 23.9 Å². The van der Waals surface area contributed by atoms with Crippen LogP contribution in [0.3, 0.4) is 0 Å². The molecule has 3 aromatic carbocycles. The summed E-state index contributed by atoms with van der Waals surface area (Å²) >= 11 is 12.6. The molecule has 1 heterocycles. The first-order valence-electron chi connectivity index (χ1n) is 11.3. The minimum absolute atomic E-state index is 0.0253. The molecule has 0 fully saturated rings. The lowest BCUT2D eigenvalue weighted by molar-refractivity contribution is -0.146. The number of azide groups is 1. The Hall–Kier alpha value is -3.75. The summed E-state index contributed by atoms with van der Waals surface area (Å²) in [5.41, 5.74) is 8.87. The van der Waals surface area contributed by atoms with Crippen molar-refractivity contribution in [2.24, 2.45) is 10.1 Å². The van der Waals surface area contributed by atoms with Crippen LogP contribution in [-0.2, 0) is 16.0 Å². The Morgan fingerprint density at radius 3 is 2.59 bits per heavy atom. The summed E-state index contributed by atoms with van der Waals surface area (Å²) in [6.07, 6.45) is -0.739. The summed E-state index contributed by atoms with van der Waals surface area (Å²) in [4.78, 5) is 20.4. The minimum Gasteiger partial charge on any atom is -0.494 e. The molecule has 37 heavy (non-hydrogen) atoms. The zero-order chi connectivity index (χ0) is 26.4. The van der Waals surface area contributed by atoms with Crippen molar-refractivity contribution in [3.63, 3.8) is 0 Å². The predicted molar refractivity (Wildman–Crippen MR) is 140 cm³/mol. The van der Waals surface area contributed by atoms with Gasteiger partial charge in [-0.25, -0.2) is 9.79 Å². The highest BCUT2D eigenvalue weighted by molar-refractivity contribution is 6.35. The Morgan fingerprint density at radius 2 is 1.92 bits per heavy atom. The van der Waals surface area contributed by atoms with Gasteiger partial charge in [0.25, 0.3) is 0 Å². The summed E-state index contributed by atoms with van der Waals surface area (Å²) in [6.45, 7) is 0.384. The molecule has 0 unspecified atom stereocenters. The fraction of sp³-hybridized carbons (Fsp3) is 0.231. The van der Waals surface area contributed by atoms with E-state index in [1.165, 1.54) is 6.07 Å². The maximum absolute atomic E-state index is 12.9. The van der Waals surface area contributed by atoms with Crippen LogP contribution >= 0.6 is 23.2 Å². The number of rotatable bonds is 10. The number of aliphatic imine (C=N–C) groups is 1. The molecule has 1 aliphatic heterocycles. The van der Waals surface area contributed by atoms with E-state index in [9.17, 15) is 9.90 Å². The lowest BCUT2D eigenvalue weighted by atomic mass is 9.82. The molecule has 0 aliphatic carbocycles. The molecule has 3 aromatic rings. The molecule has 11 heteroatoms. The smallest absolute Gasteiger partial charge is 0.336 e. The van der Waals surface area contributed by atoms with E-state index in [2.05, 4.69) is 15.0 Å². The number of hydrogen-bond acceptors (Lipinski definition) is 6. The highest BCUT2D eigenvalue weighted by atomic mass is 35.5. The summed E-state index contributed by atoms with van der Waals surface area (Å²) in [5.74, 6) is -0.541. The standard InChI is InChI=1S/C26H22Cl2N4O5/c27-18-8-11-20(21(28)14-18)23-26(25(34)35,15-17-4-1-2-5-22(17)31-32-29)30-24(37-23)16-6-9-19(10-7-16)36-13-3-12-33/h1-2,4-11,14,23,33H,3,12-13,15H2,(H,34,35)/t23-,26-/m1/s1. The van der Waals surface area contributed by atoms with Gasteiger partial charge in [-0.2, -0.15) is 0 Å². The van der Waals surface area contributed by atoms with Gasteiger partial charge in [-0.15, -0.1) is 0 Å². The van der Waals surface area contributed by atoms with Crippen molar-refractivity contribution in [2.45, 2.75) is 24.5 Å². The first-order chi connectivity index (χ1) is 17.9. The molecule has 0 spiro atoms. The number of aliphatic hydroxyl groups excluding tert-OH is 1. The van der Waals surface area contributed by atoms with Gasteiger partial charge < -0.3 is 19.7 Å². The third-order valence-electron chi connectivity index (χ3n) is 5.86. The number of hydrogen-bond donors (Lipinski definition) is 2. The van der Waals surface area contributed by atoms with Gasteiger partial charge in [0.05, 0.1) is 6.61 Å². The van der Waals surface area contributed by atoms with E-state index in [0.717, 1.165) is 0 Å². The molecule has 190 valence electrons. The van der Waals surface area contributed by atoms with Crippen molar-refractivity contribution in [1.82, 2.24) is 0 Å². The topological polar surface area (TPSA) is 137 Å². The molecule has 0 amide bonds. The average molecular weight is 541 g/mol. The van der Waals surface area contributed by atoms with Crippen molar-refractivity contribution < 1.29 is 24.5 Å². The number of aliphatic hydroxyl groups is 1. The summed E-state index contributed by atoms with van der Waals surface area (Å²) in [7, 11) is 0. The summed E-state index contributed by atoms with van der Waals surface area (Å²) < 4.78 is 11.8. The lowest BCUT2D eigenvalue weighted by Gasteiger charge is -2.29. The number of carbonyl (C=O) groups is 1. The molecule has 0 radical (unpaired) electrons. The van der Waals surface area contributed by atoms with Gasteiger partial charge in [0.15, 0.2) is 6.10 Å². The number of carboxylic acids is 1. The lowest BCUT2D eigenvalue weighted by Crippen LogP contribution is -2.43. The zero-order valence-electron chi connectivity index (χ0n) is 19.4. The number of aliphatic carboxylic acids is 1. The van der Waals surface area contributed by atoms with E-state index in [4.69, 9.17) is 43.3 Å². The van der Waals surface area contributed by atoms with E-state index >= 15 is 0 Å². The number of benzene rings is 3. The summed E-state index contributed by atoms with van der Waals surface area (Å²) in [5, 5.41) is 23.8. The van der Waals surface area contributed by atoms with Crippen LogP contribution in [0.4, 0.5) is 5.69 Å². The SMILES string of the molecule is [N-]=[N+]=Nc1ccccc1C[C@@]1(C(=O)O)N=C(c2ccc(OCCCO)cc2)O[C@@H]1c1ccc(Cl)cc1Cl. The second-order valence-corrected chi connectivity index (χ2v) is 9.10. The predicted octanol–water partition coefficient (Wildman–Crippen LogP) is 6.28. The van der Waals surface area contributed by atoms with E-state index in [0.29, 0.717) is 46.2 Å². The average Bonchev–Trinajstić information content (AvgIpc) is 3.26. The Kier molecular flexibility index (Phi) is 8.21. The summed E-state index contributed by atoms with van der Waals surface area (Å²) in [6, 6.07) is 18.3. The largest absolute Gasteiger partial charge is 0.494 e. The van der Waals surface area contributed by atoms with Gasteiger partial charge in [-0.1, -0.05) is 58.6 Å². The number of ether oxygens (including phenoxy) is 2. The quantitative estimate of drug-likeness (QED) is 0.135. The van der Waals surface area contributed by atoms with Gasteiger partial charge in [0.2, 0.25) is 11.4 Å².